The molecule has 2 N–H and O–H groups in total. The highest BCUT2D eigenvalue weighted by Gasteiger charge is 2.25. The van der Waals surface area contributed by atoms with E-state index < -0.39 is 9.84 Å². The zero-order valence-electron chi connectivity index (χ0n) is 9.80. The molecule has 0 bridgehead atoms. The summed E-state index contributed by atoms with van der Waals surface area (Å²) in [6.45, 7) is 0. The molecule has 1 fully saturated rings. The molecule has 0 aliphatic heterocycles. The maximum Gasteiger partial charge on any atom is 0.229 e. The first-order valence-electron chi connectivity index (χ1n) is 5.70. The zero-order valence-corrected chi connectivity index (χ0v) is 10.6. The van der Waals surface area contributed by atoms with E-state index in [1.807, 2.05) is 0 Å². The Morgan fingerprint density at radius 3 is 2.88 bits per heavy atom. The molecule has 2 atom stereocenters. The summed E-state index contributed by atoms with van der Waals surface area (Å²) in [6, 6.07) is 0.180. The topological polar surface area (TPSA) is 99.1 Å². The Morgan fingerprint density at radius 1 is 1.47 bits per heavy atom. The number of nitrogens with two attached hydrogens (primary N) is 1. The fraction of sp³-hybridized carbons (Fsp3) is 0.800. The minimum atomic E-state index is -3.12. The summed E-state index contributed by atoms with van der Waals surface area (Å²) in [5.41, 5.74) is 5.89. The molecule has 7 heteroatoms. The Bertz CT molecular complexity index is 483. The van der Waals surface area contributed by atoms with Crippen molar-refractivity contribution in [2.45, 2.75) is 43.4 Å². The van der Waals surface area contributed by atoms with Crippen molar-refractivity contribution in [2.24, 2.45) is 5.73 Å². The third-order valence-electron chi connectivity index (χ3n) is 2.94. The molecule has 0 spiro atoms. The van der Waals surface area contributed by atoms with E-state index in [1.54, 1.807) is 0 Å². The lowest BCUT2D eigenvalue weighted by Gasteiger charge is -2.23. The first-order chi connectivity index (χ1) is 7.94. The van der Waals surface area contributed by atoms with Gasteiger partial charge in [-0.25, -0.2) is 8.42 Å². The maximum atomic E-state index is 11.1. The van der Waals surface area contributed by atoms with Crippen molar-refractivity contribution in [3.63, 3.8) is 0 Å². The van der Waals surface area contributed by atoms with Crippen LogP contribution in [0.5, 0.6) is 0 Å². The van der Waals surface area contributed by atoms with Crippen LogP contribution in [0.15, 0.2) is 4.52 Å². The predicted octanol–water partition coefficient (Wildman–Crippen LogP) is 0.599. The van der Waals surface area contributed by atoms with E-state index in [0.29, 0.717) is 5.89 Å². The van der Waals surface area contributed by atoms with Crippen molar-refractivity contribution in [3.8, 4) is 0 Å². The summed E-state index contributed by atoms with van der Waals surface area (Å²) in [7, 11) is -3.12. The van der Waals surface area contributed by atoms with Crippen molar-refractivity contribution in [1.29, 1.82) is 0 Å². The van der Waals surface area contributed by atoms with Gasteiger partial charge in [0.15, 0.2) is 15.7 Å². The van der Waals surface area contributed by atoms with E-state index >= 15 is 0 Å². The van der Waals surface area contributed by atoms with Gasteiger partial charge in [0.2, 0.25) is 5.89 Å². The van der Waals surface area contributed by atoms with Crippen LogP contribution in [-0.2, 0) is 15.6 Å². The van der Waals surface area contributed by atoms with Gasteiger partial charge < -0.3 is 10.3 Å². The molecule has 0 radical (unpaired) electrons. The first-order valence-corrected chi connectivity index (χ1v) is 7.76. The van der Waals surface area contributed by atoms with E-state index in [-0.39, 0.29) is 23.5 Å². The number of sulfone groups is 1. The smallest absolute Gasteiger partial charge is 0.229 e. The molecule has 0 amide bonds. The van der Waals surface area contributed by atoms with Gasteiger partial charge in [0, 0.05) is 18.2 Å². The molecule has 6 nitrogen and oxygen atoms in total. The van der Waals surface area contributed by atoms with E-state index in [9.17, 15) is 8.42 Å². The van der Waals surface area contributed by atoms with E-state index in [4.69, 9.17) is 10.3 Å². The molecule has 1 aromatic rings. The molecule has 1 saturated carbocycles. The number of aromatic nitrogens is 2. The number of hydrogen-bond acceptors (Lipinski definition) is 6. The molecule has 1 aliphatic rings. The Kier molecular flexibility index (Phi) is 3.48. The summed E-state index contributed by atoms with van der Waals surface area (Å²) in [5.74, 6) is 0.773. The Labute approximate surface area is 100 Å². The van der Waals surface area contributed by atoms with Crippen molar-refractivity contribution in [3.05, 3.63) is 11.7 Å². The average molecular weight is 259 g/mol. The summed E-state index contributed by atoms with van der Waals surface area (Å²) in [4.78, 5) is 4.14. The summed E-state index contributed by atoms with van der Waals surface area (Å²) in [5, 5.41) is 3.70. The van der Waals surface area contributed by atoms with E-state index in [1.165, 1.54) is 0 Å². The second-order valence-electron chi connectivity index (χ2n) is 4.74. The lowest BCUT2D eigenvalue weighted by Crippen LogP contribution is -2.26. The molecule has 1 aliphatic carbocycles. The highest BCUT2D eigenvalue weighted by molar-refractivity contribution is 7.89. The van der Waals surface area contributed by atoms with Gasteiger partial charge in [0.25, 0.3) is 0 Å². The standard InChI is InChI=1S/C10H17N3O3S/c1-17(14,15)6-9-12-10(16-13-9)7-3-2-4-8(11)5-7/h7-8H,2-6,11H2,1H3. The van der Waals surface area contributed by atoms with Gasteiger partial charge in [-0.2, -0.15) is 4.98 Å². The van der Waals surface area contributed by atoms with Crippen LogP contribution < -0.4 is 5.73 Å². The number of rotatable bonds is 3. The maximum absolute atomic E-state index is 11.1. The van der Waals surface area contributed by atoms with Gasteiger partial charge in [0.05, 0.1) is 0 Å². The molecule has 2 rings (SSSR count). The van der Waals surface area contributed by atoms with E-state index in [0.717, 1.165) is 31.9 Å². The Hall–Kier alpha value is -0.950. The largest absolute Gasteiger partial charge is 0.339 e. The minimum Gasteiger partial charge on any atom is -0.339 e. The lowest BCUT2D eigenvalue weighted by atomic mass is 9.86. The molecule has 0 aromatic carbocycles. The van der Waals surface area contributed by atoms with Gasteiger partial charge in [-0.05, 0) is 19.3 Å². The lowest BCUT2D eigenvalue weighted by molar-refractivity contribution is 0.297. The van der Waals surface area contributed by atoms with Crippen molar-refractivity contribution in [2.75, 3.05) is 6.26 Å². The molecule has 0 saturated heterocycles. The zero-order chi connectivity index (χ0) is 12.5. The van der Waals surface area contributed by atoms with Gasteiger partial charge >= 0.3 is 0 Å². The van der Waals surface area contributed by atoms with Crippen LogP contribution in [0.1, 0.15) is 43.3 Å². The fourth-order valence-corrected chi connectivity index (χ4v) is 2.76. The monoisotopic (exact) mass is 259 g/mol. The molecular weight excluding hydrogens is 242 g/mol. The molecule has 1 aromatic heterocycles. The number of nitrogens with zero attached hydrogens (tertiary/aromatic N) is 2. The molecular formula is C10H17N3O3S. The van der Waals surface area contributed by atoms with Crippen LogP contribution in [0.4, 0.5) is 0 Å². The van der Waals surface area contributed by atoms with E-state index in [2.05, 4.69) is 10.1 Å². The van der Waals surface area contributed by atoms with Crippen LogP contribution >= 0.6 is 0 Å². The third kappa shape index (κ3) is 3.50. The predicted molar refractivity (Wildman–Crippen MR) is 62.0 cm³/mol. The van der Waals surface area contributed by atoms with Crippen LogP contribution in [0, 0.1) is 0 Å². The molecule has 96 valence electrons. The van der Waals surface area contributed by atoms with Crippen molar-refractivity contribution < 1.29 is 12.9 Å². The number of hydrogen-bond donors (Lipinski definition) is 1. The van der Waals surface area contributed by atoms with Gasteiger partial charge in [-0.3, -0.25) is 0 Å². The van der Waals surface area contributed by atoms with Gasteiger partial charge in [0.1, 0.15) is 5.75 Å². The Balaban J connectivity index is 2.07. The SMILES string of the molecule is CS(=O)(=O)Cc1noc(C2CCCC(N)C2)n1. The Morgan fingerprint density at radius 2 is 2.24 bits per heavy atom. The highest BCUT2D eigenvalue weighted by Crippen LogP contribution is 2.31. The van der Waals surface area contributed by atoms with Gasteiger partial charge in [-0.1, -0.05) is 11.6 Å². The van der Waals surface area contributed by atoms with Crippen molar-refractivity contribution >= 4 is 9.84 Å². The van der Waals surface area contributed by atoms with Crippen LogP contribution in [0.25, 0.3) is 0 Å². The summed E-state index contributed by atoms with van der Waals surface area (Å²) < 4.78 is 27.3. The second kappa shape index (κ2) is 4.73. The fourth-order valence-electron chi connectivity index (χ4n) is 2.18. The van der Waals surface area contributed by atoms with Crippen LogP contribution in [0.2, 0.25) is 0 Å². The van der Waals surface area contributed by atoms with Crippen LogP contribution in [-0.4, -0.2) is 30.9 Å². The minimum absolute atomic E-state index is 0.171. The van der Waals surface area contributed by atoms with Gasteiger partial charge in [-0.15, -0.1) is 0 Å². The normalized spacial score (nSPS) is 26.0. The molecule has 17 heavy (non-hydrogen) atoms. The van der Waals surface area contributed by atoms with Crippen LogP contribution in [0.3, 0.4) is 0 Å². The molecule has 1 heterocycles. The summed E-state index contributed by atoms with van der Waals surface area (Å²) in [6.07, 6.45) is 5.05. The quantitative estimate of drug-likeness (QED) is 0.853. The van der Waals surface area contributed by atoms with Crippen molar-refractivity contribution in [1.82, 2.24) is 10.1 Å². The summed E-state index contributed by atoms with van der Waals surface area (Å²) >= 11 is 0. The second-order valence-corrected chi connectivity index (χ2v) is 6.88. The first kappa shape index (κ1) is 12.5. The molecule has 2 unspecified atom stereocenters. The third-order valence-corrected chi connectivity index (χ3v) is 3.72. The highest BCUT2D eigenvalue weighted by atomic mass is 32.2. The average Bonchev–Trinajstić information content (AvgIpc) is 2.63.